The second-order valence-corrected chi connectivity index (χ2v) is 6.29. The molecule has 1 aromatic carbocycles. The van der Waals surface area contributed by atoms with E-state index in [1.807, 2.05) is 0 Å². The summed E-state index contributed by atoms with van der Waals surface area (Å²) in [5.41, 5.74) is 0.257. The van der Waals surface area contributed by atoms with E-state index in [4.69, 9.17) is 0 Å². The minimum Gasteiger partial charge on any atom is -0.350 e. The molecule has 2 aliphatic rings. The molecular formula is C16H20N4O4. The van der Waals surface area contributed by atoms with Crippen LogP contribution in [0, 0.1) is 10.1 Å². The summed E-state index contributed by atoms with van der Waals surface area (Å²) in [6, 6.07) is 5.54. The summed E-state index contributed by atoms with van der Waals surface area (Å²) < 4.78 is 0. The third kappa shape index (κ3) is 3.70. The van der Waals surface area contributed by atoms with Crippen molar-refractivity contribution in [3.63, 3.8) is 0 Å². The van der Waals surface area contributed by atoms with Crippen molar-refractivity contribution in [2.45, 2.75) is 50.2 Å². The maximum Gasteiger partial charge on any atom is 0.271 e. The lowest BCUT2D eigenvalue weighted by molar-refractivity contribution is -0.384. The van der Waals surface area contributed by atoms with Crippen LogP contribution in [0.5, 0.6) is 0 Å². The van der Waals surface area contributed by atoms with E-state index in [1.165, 1.54) is 18.2 Å². The molecule has 128 valence electrons. The number of nitrogens with zero attached hydrogens (tertiary/aromatic N) is 1. The highest BCUT2D eigenvalue weighted by Crippen LogP contribution is 2.23. The Balaban J connectivity index is 1.59. The van der Waals surface area contributed by atoms with Crippen molar-refractivity contribution >= 4 is 23.2 Å². The Morgan fingerprint density at radius 3 is 2.79 bits per heavy atom. The van der Waals surface area contributed by atoms with Crippen molar-refractivity contribution in [1.82, 2.24) is 10.6 Å². The fourth-order valence-corrected chi connectivity index (χ4v) is 3.37. The van der Waals surface area contributed by atoms with Gasteiger partial charge in [0.25, 0.3) is 5.69 Å². The van der Waals surface area contributed by atoms with Gasteiger partial charge in [0.1, 0.15) is 0 Å². The van der Waals surface area contributed by atoms with Gasteiger partial charge in [0, 0.05) is 29.9 Å². The van der Waals surface area contributed by atoms with Crippen molar-refractivity contribution in [1.29, 1.82) is 0 Å². The van der Waals surface area contributed by atoms with E-state index in [0.29, 0.717) is 5.69 Å². The number of anilines is 1. The van der Waals surface area contributed by atoms with E-state index in [9.17, 15) is 19.7 Å². The number of piperazine rings is 1. The van der Waals surface area contributed by atoms with E-state index >= 15 is 0 Å². The van der Waals surface area contributed by atoms with Crippen molar-refractivity contribution in [2.75, 3.05) is 5.32 Å². The van der Waals surface area contributed by atoms with Crippen LogP contribution in [0.2, 0.25) is 0 Å². The Bertz CT molecular complexity index is 663. The minimum atomic E-state index is -0.567. The SMILES string of the molecule is O=C(C[C@@H]1N[C@@H]2CCCC[C@@H]2NC1=O)Nc1cccc([N+](=O)[O-])c1. The third-order valence-corrected chi connectivity index (χ3v) is 4.56. The first kappa shape index (κ1) is 16.4. The molecule has 8 nitrogen and oxygen atoms in total. The van der Waals surface area contributed by atoms with Gasteiger partial charge in [-0.2, -0.15) is 0 Å². The van der Waals surface area contributed by atoms with Crippen LogP contribution in [0.1, 0.15) is 32.1 Å². The number of hydrogen-bond donors (Lipinski definition) is 3. The topological polar surface area (TPSA) is 113 Å². The van der Waals surface area contributed by atoms with Crippen LogP contribution in [0.4, 0.5) is 11.4 Å². The molecule has 1 aliphatic heterocycles. The summed E-state index contributed by atoms with van der Waals surface area (Å²) in [4.78, 5) is 34.5. The van der Waals surface area contributed by atoms with Gasteiger partial charge in [0.15, 0.2) is 0 Å². The van der Waals surface area contributed by atoms with Crippen LogP contribution in [-0.2, 0) is 9.59 Å². The van der Waals surface area contributed by atoms with Crippen molar-refractivity contribution in [3.05, 3.63) is 34.4 Å². The fourth-order valence-electron chi connectivity index (χ4n) is 3.37. The molecule has 1 aliphatic carbocycles. The minimum absolute atomic E-state index is 0.00224. The molecule has 1 saturated heterocycles. The zero-order valence-electron chi connectivity index (χ0n) is 13.2. The van der Waals surface area contributed by atoms with E-state index in [1.54, 1.807) is 6.07 Å². The standard InChI is InChI=1S/C16H20N4O4/c21-15(17-10-4-3-5-11(8-10)20(23)24)9-14-16(22)19-13-7-2-1-6-12(13)18-14/h3-5,8,12-14,18H,1-2,6-7,9H2,(H,17,21)(H,19,22)/t12-,13+,14+/m1/s1. The first-order chi connectivity index (χ1) is 11.5. The average Bonchev–Trinajstić information content (AvgIpc) is 2.55. The largest absolute Gasteiger partial charge is 0.350 e. The van der Waals surface area contributed by atoms with Gasteiger partial charge in [-0.25, -0.2) is 0 Å². The molecule has 24 heavy (non-hydrogen) atoms. The molecule has 0 bridgehead atoms. The molecule has 1 aromatic rings. The molecule has 1 saturated carbocycles. The van der Waals surface area contributed by atoms with Crippen molar-refractivity contribution in [2.24, 2.45) is 0 Å². The van der Waals surface area contributed by atoms with E-state index in [-0.39, 0.29) is 36.0 Å². The number of nitro benzene ring substituents is 1. The van der Waals surface area contributed by atoms with Gasteiger partial charge in [-0.3, -0.25) is 19.7 Å². The lowest BCUT2D eigenvalue weighted by Gasteiger charge is -2.40. The molecule has 0 aromatic heterocycles. The Morgan fingerprint density at radius 2 is 2.04 bits per heavy atom. The van der Waals surface area contributed by atoms with Gasteiger partial charge in [-0.1, -0.05) is 18.9 Å². The summed E-state index contributed by atoms with van der Waals surface area (Å²) in [6.07, 6.45) is 4.19. The number of carbonyl (C=O) groups is 2. The lowest BCUT2D eigenvalue weighted by atomic mass is 9.87. The maximum atomic E-state index is 12.2. The van der Waals surface area contributed by atoms with Crippen LogP contribution in [0.3, 0.4) is 0 Å². The van der Waals surface area contributed by atoms with Crippen LogP contribution < -0.4 is 16.0 Å². The smallest absolute Gasteiger partial charge is 0.271 e. The first-order valence-corrected chi connectivity index (χ1v) is 8.13. The monoisotopic (exact) mass is 332 g/mol. The number of benzene rings is 1. The van der Waals surface area contributed by atoms with Gasteiger partial charge in [-0.05, 0) is 18.9 Å². The fraction of sp³-hybridized carbons (Fsp3) is 0.500. The molecule has 3 atom stereocenters. The van der Waals surface area contributed by atoms with Gasteiger partial charge >= 0.3 is 0 Å². The summed E-state index contributed by atoms with van der Waals surface area (Å²) in [7, 11) is 0. The van der Waals surface area contributed by atoms with Crippen molar-refractivity contribution < 1.29 is 14.5 Å². The number of nitro groups is 1. The van der Waals surface area contributed by atoms with Crippen LogP contribution in [-0.4, -0.2) is 34.9 Å². The van der Waals surface area contributed by atoms with Crippen LogP contribution in [0.15, 0.2) is 24.3 Å². The quantitative estimate of drug-likeness (QED) is 0.568. The average molecular weight is 332 g/mol. The molecule has 8 heteroatoms. The number of carbonyl (C=O) groups excluding carboxylic acids is 2. The Morgan fingerprint density at radius 1 is 1.29 bits per heavy atom. The number of rotatable bonds is 4. The molecular weight excluding hydrogens is 312 g/mol. The maximum absolute atomic E-state index is 12.2. The highest BCUT2D eigenvalue weighted by molar-refractivity contribution is 5.96. The second kappa shape index (κ2) is 6.96. The highest BCUT2D eigenvalue weighted by atomic mass is 16.6. The summed E-state index contributed by atoms with van der Waals surface area (Å²) in [5.74, 6) is -0.509. The van der Waals surface area contributed by atoms with Crippen LogP contribution >= 0.6 is 0 Å². The molecule has 0 unspecified atom stereocenters. The Kier molecular flexibility index (Phi) is 4.75. The van der Waals surface area contributed by atoms with Gasteiger partial charge in [0.05, 0.1) is 17.4 Å². The predicted octanol–water partition coefficient (Wildman–Crippen LogP) is 1.32. The molecule has 3 N–H and O–H groups in total. The summed E-state index contributed by atoms with van der Waals surface area (Å²) in [5, 5.41) is 19.6. The molecule has 3 rings (SSSR count). The van der Waals surface area contributed by atoms with E-state index in [2.05, 4.69) is 16.0 Å². The molecule has 0 spiro atoms. The summed E-state index contributed by atoms with van der Waals surface area (Å²) >= 11 is 0. The van der Waals surface area contributed by atoms with Gasteiger partial charge in [-0.15, -0.1) is 0 Å². The van der Waals surface area contributed by atoms with Gasteiger partial charge < -0.3 is 16.0 Å². The number of hydrogen-bond acceptors (Lipinski definition) is 5. The van der Waals surface area contributed by atoms with E-state index < -0.39 is 11.0 Å². The first-order valence-electron chi connectivity index (χ1n) is 8.13. The molecule has 0 radical (unpaired) electrons. The Hall–Kier alpha value is -2.48. The predicted molar refractivity (Wildman–Crippen MR) is 87.5 cm³/mol. The molecule has 2 amide bonds. The number of fused-ring (bicyclic) bond motifs is 1. The zero-order chi connectivity index (χ0) is 17.1. The second-order valence-electron chi connectivity index (χ2n) is 6.29. The van der Waals surface area contributed by atoms with Crippen LogP contribution in [0.25, 0.3) is 0 Å². The van der Waals surface area contributed by atoms with Gasteiger partial charge in [0.2, 0.25) is 11.8 Å². The summed E-state index contributed by atoms with van der Waals surface area (Å²) in [6.45, 7) is 0. The van der Waals surface area contributed by atoms with Crippen molar-refractivity contribution in [3.8, 4) is 0 Å². The van der Waals surface area contributed by atoms with E-state index in [0.717, 1.165) is 25.7 Å². The highest BCUT2D eigenvalue weighted by Gasteiger charge is 2.36. The normalized spacial score (nSPS) is 26.2. The Labute approximate surface area is 139 Å². The number of amides is 2. The molecule has 1 heterocycles. The zero-order valence-corrected chi connectivity index (χ0v) is 13.2. The molecule has 2 fully saturated rings. The number of non-ortho nitro benzene ring substituents is 1. The lowest BCUT2D eigenvalue weighted by Crippen LogP contribution is -2.65. The third-order valence-electron chi connectivity index (χ3n) is 4.56. The number of nitrogens with one attached hydrogen (secondary N) is 3.